The Labute approximate surface area is 135 Å². The van der Waals surface area contributed by atoms with E-state index in [1.165, 1.54) is 12.0 Å². The number of halogens is 1. The Morgan fingerprint density at radius 3 is 2.68 bits per heavy atom. The van der Waals surface area contributed by atoms with Crippen LogP contribution in [-0.4, -0.2) is 68.5 Å². The van der Waals surface area contributed by atoms with Gasteiger partial charge in [-0.1, -0.05) is 11.6 Å². The third-order valence-electron chi connectivity index (χ3n) is 3.58. The molecule has 2 rings (SSSR count). The van der Waals surface area contributed by atoms with Gasteiger partial charge in [0.1, 0.15) is 5.75 Å². The number of nitrogens with one attached hydrogen (secondary N) is 1. The molecule has 0 aromatic heterocycles. The van der Waals surface area contributed by atoms with Gasteiger partial charge in [0.15, 0.2) is 0 Å². The fourth-order valence-corrected chi connectivity index (χ4v) is 2.50. The highest BCUT2D eigenvalue weighted by Gasteiger charge is 2.22. The first-order valence-corrected chi connectivity index (χ1v) is 7.48. The van der Waals surface area contributed by atoms with Crippen LogP contribution in [0.2, 0.25) is 5.02 Å². The Balaban J connectivity index is 2.04. The number of amides is 2. The highest BCUT2D eigenvalue weighted by molar-refractivity contribution is 6.30. The summed E-state index contributed by atoms with van der Waals surface area (Å²) in [6.07, 6.45) is 0. The molecule has 0 radical (unpaired) electrons. The third-order valence-corrected chi connectivity index (χ3v) is 3.82. The minimum absolute atomic E-state index is 0.0462. The van der Waals surface area contributed by atoms with Crippen molar-refractivity contribution >= 4 is 23.4 Å². The first-order chi connectivity index (χ1) is 10.5. The molecule has 0 bridgehead atoms. The number of carbonyl (C=O) groups excluding carboxylic acids is 2. The largest absolute Gasteiger partial charge is 0.496 e. The molecular weight excluding hydrogens is 306 g/mol. The molecule has 0 atom stereocenters. The number of nitrogens with zero attached hydrogens (tertiary/aromatic N) is 2. The molecule has 120 valence electrons. The molecule has 1 fully saturated rings. The predicted molar refractivity (Wildman–Crippen MR) is 84.4 cm³/mol. The Morgan fingerprint density at radius 1 is 1.36 bits per heavy atom. The molecule has 0 spiro atoms. The van der Waals surface area contributed by atoms with Gasteiger partial charge in [-0.05, 0) is 18.2 Å². The Morgan fingerprint density at radius 2 is 2.05 bits per heavy atom. The zero-order valence-electron chi connectivity index (χ0n) is 12.8. The molecule has 1 aliphatic heterocycles. The van der Waals surface area contributed by atoms with Crippen LogP contribution in [0.1, 0.15) is 10.4 Å². The van der Waals surface area contributed by atoms with Gasteiger partial charge in [-0.3, -0.25) is 9.59 Å². The van der Waals surface area contributed by atoms with Gasteiger partial charge in [-0.2, -0.15) is 0 Å². The van der Waals surface area contributed by atoms with Crippen molar-refractivity contribution in [3.8, 4) is 5.75 Å². The normalized spacial score (nSPS) is 14.6. The summed E-state index contributed by atoms with van der Waals surface area (Å²) >= 11 is 5.89. The van der Waals surface area contributed by atoms with Gasteiger partial charge in [-0.25, -0.2) is 0 Å². The number of hydrogen-bond donors (Lipinski definition) is 1. The molecule has 6 nitrogen and oxygen atoms in total. The molecule has 1 saturated heterocycles. The summed E-state index contributed by atoms with van der Waals surface area (Å²) < 4.78 is 5.18. The van der Waals surface area contributed by atoms with Crippen LogP contribution in [0.3, 0.4) is 0 Å². The van der Waals surface area contributed by atoms with Crippen LogP contribution in [0, 0.1) is 0 Å². The van der Waals surface area contributed by atoms with Crippen LogP contribution < -0.4 is 10.1 Å². The molecular formula is C15H20ClN3O3. The second kappa shape index (κ2) is 7.47. The average molecular weight is 326 g/mol. The van der Waals surface area contributed by atoms with Gasteiger partial charge in [0.25, 0.3) is 5.91 Å². The summed E-state index contributed by atoms with van der Waals surface area (Å²) in [5.74, 6) is 0.0845. The maximum Gasteiger partial charge on any atom is 0.257 e. The van der Waals surface area contributed by atoms with Gasteiger partial charge in [0.2, 0.25) is 5.91 Å². The first kappa shape index (κ1) is 16.6. The number of benzene rings is 1. The van der Waals surface area contributed by atoms with Crippen LogP contribution in [-0.2, 0) is 4.79 Å². The van der Waals surface area contributed by atoms with E-state index in [-0.39, 0.29) is 18.4 Å². The van der Waals surface area contributed by atoms with E-state index in [2.05, 4.69) is 5.32 Å². The molecule has 1 aromatic carbocycles. The van der Waals surface area contributed by atoms with E-state index in [1.807, 2.05) is 0 Å². The van der Waals surface area contributed by atoms with Crippen molar-refractivity contribution in [2.75, 3.05) is 46.9 Å². The minimum Gasteiger partial charge on any atom is -0.496 e. The number of likely N-dealkylation sites (N-methyl/N-ethyl adjacent to an activating group) is 1. The van der Waals surface area contributed by atoms with E-state index in [4.69, 9.17) is 16.3 Å². The van der Waals surface area contributed by atoms with Crippen molar-refractivity contribution in [1.82, 2.24) is 15.1 Å². The number of carbonyl (C=O) groups is 2. The SMILES string of the molecule is COc1cc(Cl)ccc1C(=O)N(C)CC(=O)N1CCNCC1. The van der Waals surface area contributed by atoms with Crippen molar-refractivity contribution in [3.05, 3.63) is 28.8 Å². The van der Waals surface area contributed by atoms with E-state index in [9.17, 15) is 9.59 Å². The van der Waals surface area contributed by atoms with Gasteiger partial charge < -0.3 is 19.9 Å². The summed E-state index contributed by atoms with van der Waals surface area (Å²) in [5, 5.41) is 3.68. The summed E-state index contributed by atoms with van der Waals surface area (Å²) in [7, 11) is 3.09. The number of rotatable bonds is 4. The molecule has 1 N–H and O–H groups in total. The molecule has 7 heteroatoms. The molecule has 1 aromatic rings. The van der Waals surface area contributed by atoms with Gasteiger partial charge in [0, 0.05) is 38.2 Å². The van der Waals surface area contributed by atoms with E-state index >= 15 is 0 Å². The lowest BCUT2D eigenvalue weighted by Crippen LogP contribution is -2.49. The van der Waals surface area contributed by atoms with E-state index in [1.54, 1.807) is 30.1 Å². The number of methoxy groups -OCH3 is 1. The van der Waals surface area contributed by atoms with Gasteiger partial charge in [-0.15, -0.1) is 0 Å². The van der Waals surface area contributed by atoms with Crippen LogP contribution in [0.4, 0.5) is 0 Å². The summed E-state index contributed by atoms with van der Waals surface area (Å²) in [5.41, 5.74) is 0.391. The van der Waals surface area contributed by atoms with Crippen molar-refractivity contribution in [1.29, 1.82) is 0 Å². The van der Waals surface area contributed by atoms with Crippen LogP contribution in [0.25, 0.3) is 0 Å². The topological polar surface area (TPSA) is 61.9 Å². The lowest BCUT2D eigenvalue weighted by atomic mass is 10.1. The summed E-state index contributed by atoms with van der Waals surface area (Å²) in [6.45, 7) is 2.96. The van der Waals surface area contributed by atoms with E-state index in [0.717, 1.165) is 13.1 Å². The third kappa shape index (κ3) is 3.90. The Bertz CT molecular complexity index is 559. The van der Waals surface area contributed by atoms with Crippen molar-refractivity contribution < 1.29 is 14.3 Å². The monoisotopic (exact) mass is 325 g/mol. The van der Waals surface area contributed by atoms with Crippen LogP contribution in [0.5, 0.6) is 5.75 Å². The van der Waals surface area contributed by atoms with Crippen molar-refractivity contribution in [2.45, 2.75) is 0 Å². The predicted octanol–water partition coefficient (Wildman–Crippen LogP) is 0.852. The molecule has 2 amide bonds. The number of piperazine rings is 1. The Hall–Kier alpha value is -1.79. The van der Waals surface area contributed by atoms with Gasteiger partial charge in [0.05, 0.1) is 19.2 Å². The lowest BCUT2D eigenvalue weighted by molar-refractivity contribution is -0.132. The molecule has 1 aliphatic rings. The molecule has 0 saturated carbocycles. The Kier molecular flexibility index (Phi) is 5.63. The highest BCUT2D eigenvalue weighted by Crippen LogP contribution is 2.24. The van der Waals surface area contributed by atoms with Gasteiger partial charge >= 0.3 is 0 Å². The van der Waals surface area contributed by atoms with Crippen molar-refractivity contribution in [3.63, 3.8) is 0 Å². The quantitative estimate of drug-likeness (QED) is 0.891. The molecule has 1 heterocycles. The summed E-state index contributed by atoms with van der Waals surface area (Å²) in [4.78, 5) is 27.8. The van der Waals surface area contributed by atoms with Crippen molar-refractivity contribution in [2.24, 2.45) is 0 Å². The molecule has 0 aliphatic carbocycles. The zero-order chi connectivity index (χ0) is 16.1. The number of ether oxygens (including phenoxy) is 1. The molecule has 0 unspecified atom stereocenters. The smallest absolute Gasteiger partial charge is 0.257 e. The zero-order valence-corrected chi connectivity index (χ0v) is 13.5. The second-order valence-electron chi connectivity index (χ2n) is 5.14. The second-order valence-corrected chi connectivity index (χ2v) is 5.57. The van der Waals surface area contributed by atoms with Crippen LogP contribution >= 0.6 is 11.6 Å². The molecule has 22 heavy (non-hydrogen) atoms. The maximum absolute atomic E-state index is 12.5. The average Bonchev–Trinajstić information content (AvgIpc) is 2.54. The standard InChI is InChI=1S/C15H20ClN3O3/c1-18(10-14(20)19-7-5-17-6-8-19)15(21)12-4-3-11(16)9-13(12)22-2/h3-4,9,17H,5-8,10H2,1-2H3. The lowest BCUT2D eigenvalue weighted by Gasteiger charge is -2.29. The van der Waals surface area contributed by atoms with E-state index < -0.39 is 0 Å². The van der Waals surface area contributed by atoms with E-state index in [0.29, 0.717) is 29.4 Å². The first-order valence-electron chi connectivity index (χ1n) is 7.10. The maximum atomic E-state index is 12.5. The minimum atomic E-state index is -0.267. The number of hydrogen-bond acceptors (Lipinski definition) is 4. The summed E-state index contributed by atoms with van der Waals surface area (Å²) in [6, 6.07) is 4.82. The fraction of sp³-hybridized carbons (Fsp3) is 0.467. The highest BCUT2D eigenvalue weighted by atomic mass is 35.5. The fourth-order valence-electron chi connectivity index (χ4n) is 2.34. The van der Waals surface area contributed by atoms with Crippen LogP contribution in [0.15, 0.2) is 18.2 Å².